The second-order valence-corrected chi connectivity index (χ2v) is 11.8. The molecule has 1 aliphatic rings. The number of halogens is 6. The molecule has 0 radical (unpaired) electrons. The zero-order valence-corrected chi connectivity index (χ0v) is 27.8. The van der Waals surface area contributed by atoms with Gasteiger partial charge in [-0.15, -0.1) is 0 Å². The topological polar surface area (TPSA) is 178 Å². The monoisotopic (exact) mass is 732 g/mol. The molecule has 2 heterocycles. The van der Waals surface area contributed by atoms with Crippen molar-refractivity contribution in [2.24, 2.45) is 0 Å². The Labute approximate surface area is 288 Å². The van der Waals surface area contributed by atoms with Crippen molar-refractivity contribution in [3.8, 4) is 5.75 Å². The van der Waals surface area contributed by atoms with Crippen LogP contribution in [0.1, 0.15) is 61.1 Å². The van der Waals surface area contributed by atoms with Crippen molar-refractivity contribution in [1.82, 2.24) is 20.7 Å². The molecular weight excluding hydrogens is 694 g/mol. The van der Waals surface area contributed by atoms with Gasteiger partial charge >= 0.3 is 24.3 Å². The third-order valence-electron chi connectivity index (χ3n) is 7.64. The first kappa shape index (κ1) is 42.2. The van der Waals surface area contributed by atoms with Crippen molar-refractivity contribution in [2.75, 3.05) is 13.1 Å². The summed E-state index contributed by atoms with van der Waals surface area (Å²) in [6.45, 7) is 8.33. The van der Waals surface area contributed by atoms with Crippen LogP contribution in [0, 0.1) is 6.92 Å². The van der Waals surface area contributed by atoms with Gasteiger partial charge in [0.15, 0.2) is 0 Å². The Balaban J connectivity index is 0.000000543. The van der Waals surface area contributed by atoms with Gasteiger partial charge < -0.3 is 25.2 Å². The Bertz CT molecular complexity index is 1630. The van der Waals surface area contributed by atoms with E-state index in [2.05, 4.69) is 29.0 Å². The fraction of sp³-hybridized carbons (Fsp3) is 0.424. The molecular formula is C33H38F6N4O8. The van der Waals surface area contributed by atoms with E-state index in [0.29, 0.717) is 36.8 Å². The number of aromatic nitrogens is 1. The average molecular weight is 733 g/mol. The van der Waals surface area contributed by atoms with Crippen LogP contribution in [0.15, 0.2) is 54.6 Å². The zero-order chi connectivity index (χ0) is 38.6. The molecule has 2 amide bonds. The number of rotatable bonds is 8. The lowest BCUT2D eigenvalue weighted by Gasteiger charge is -2.33. The van der Waals surface area contributed by atoms with Crippen LogP contribution in [-0.2, 0) is 21.0 Å². The molecule has 4 rings (SSSR count). The van der Waals surface area contributed by atoms with Gasteiger partial charge in [0.1, 0.15) is 12.4 Å². The highest BCUT2D eigenvalue weighted by molar-refractivity contribution is 5.95. The van der Waals surface area contributed by atoms with Gasteiger partial charge in [-0.1, -0.05) is 18.2 Å². The predicted molar refractivity (Wildman–Crippen MR) is 170 cm³/mol. The average Bonchev–Trinajstić information content (AvgIpc) is 3.26. The van der Waals surface area contributed by atoms with Gasteiger partial charge in [0.2, 0.25) is 5.91 Å². The first-order valence-electron chi connectivity index (χ1n) is 15.4. The second-order valence-electron chi connectivity index (χ2n) is 11.8. The third-order valence-corrected chi connectivity index (χ3v) is 7.64. The number of nitrogens with one attached hydrogen (secondary N) is 2. The Morgan fingerprint density at radius 1 is 0.922 bits per heavy atom. The molecule has 1 unspecified atom stereocenters. The minimum absolute atomic E-state index is 0.0294. The number of ether oxygens (including phenoxy) is 1. The van der Waals surface area contributed by atoms with E-state index >= 15 is 0 Å². The minimum atomic E-state index is -5.08. The molecule has 3 aromatic rings. The highest BCUT2D eigenvalue weighted by Gasteiger charge is 2.39. The van der Waals surface area contributed by atoms with Gasteiger partial charge in [0, 0.05) is 34.8 Å². The number of fused-ring (bicyclic) bond motifs is 1. The number of aryl methyl sites for hydroxylation is 1. The van der Waals surface area contributed by atoms with E-state index in [4.69, 9.17) is 29.7 Å². The molecule has 1 aliphatic heterocycles. The molecule has 1 aromatic heterocycles. The summed E-state index contributed by atoms with van der Waals surface area (Å²) in [6, 6.07) is 17.4. The summed E-state index contributed by atoms with van der Waals surface area (Å²) in [5, 5.41) is 27.6. The van der Waals surface area contributed by atoms with Crippen LogP contribution in [0.2, 0.25) is 0 Å². The molecule has 1 fully saturated rings. The molecule has 0 saturated carbocycles. The molecule has 0 bridgehead atoms. The lowest BCUT2D eigenvalue weighted by molar-refractivity contribution is -0.193. The predicted octanol–water partition coefficient (Wildman–Crippen LogP) is 5.65. The lowest BCUT2D eigenvalue weighted by atomic mass is 9.86. The Morgan fingerprint density at radius 3 is 2.02 bits per heavy atom. The number of amides is 2. The molecule has 280 valence electrons. The number of nitrogens with zero attached hydrogens (tertiary/aromatic N) is 2. The third kappa shape index (κ3) is 13.7. The fourth-order valence-electron chi connectivity index (χ4n) is 5.12. The van der Waals surface area contributed by atoms with Gasteiger partial charge in [0.05, 0.1) is 17.5 Å². The normalized spacial score (nSPS) is 16.5. The quantitative estimate of drug-likeness (QED) is 0.111. The number of carboxylic acid groups (broad SMARTS) is 2. The smallest absolute Gasteiger partial charge is 0.489 e. The molecule has 18 heteroatoms. The minimum Gasteiger partial charge on any atom is -0.489 e. The molecule has 0 spiro atoms. The number of carboxylic acids is 2. The summed E-state index contributed by atoms with van der Waals surface area (Å²) in [5.41, 5.74) is 4.43. The molecule has 12 nitrogen and oxygen atoms in total. The highest BCUT2D eigenvalue weighted by Crippen LogP contribution is 2.28. The summed E-state index contributed by atoms with van der Waals surface area (Å²) in [7, 11) is 0. The number of para-hydroxylation sites is 1. The van der Waals surface area contributed by atoms with Gasteiger partial charge in [-0.2, -0.15) is 26.3 Å². The number of benzene rings is 2. The van der Waals surface area contributed by atoms with Crippen LogP contribution in [0.5, 0.6) is 5.75 Å². The summed E-state index contributed by atoms with van der Waals surface area (Å²) in [4.78, 5) is 50.1. The number of pyridine rings is 1. The van der Waals surface area contributed by atoms with Crippen LogP contribution in [0.3, 0.4) is 0 Å². The van der Waals surface area contributed by atoms with Crippen molar-refractivity contribution in [2.45, 2.75) is 77.0 Å². The molecule has 51 heavy (non-hydrogen) atoms. The SMILES string of the molecule is Cc1cc(COc2ccc(C(=O)NC3(CC(=O)NO)CCCN(C(C)C)CC3)cc2)c2ccccc2n1.O=C(O)C(F)(F)F.O=C(O)C(F)(F)F. The number of hydroxylamine groups is 1. The van der Waals surface area contributed by atoms with Crippen LogP contribution in [0.4, 0.5) is 26.3 Å². The Hall–Kier alpha value is -4.97. The molecule has 1 atom stereocenters. The van der Waals surface area contributed by atoms with Crippen LogP contribution >= 0.6 is 0 Å². The molecule has 5 N–H and O–H groups in total. The fourth-order valence-corrected chi connectivity index (χ4v) is 5.12. The maximum atomic E-state index is 13.2. The number of likely N-dealkylation sites (tertiary alicyclic amines) is 1. The summed E-state index contributed by atoms with van der Waals surface area (Å²) < 4.78 is 69.5. The van der Waals surface area contributed by atoms with E-state index in [1.54, 1.807) is 29.7 Å². The largest absolute Gasteiger partial charge is 0.490 e. The summed E-state index contributed by atoms with van der Waals surface area (Å²) >= 11 is 0. The van der Waals surface area contributed by atoms with Gasteiger partial charge in [-0.25, -0.2) is 15.1 Å². The maximum Gasteiger partial charge on any atom is 0.490 e. The Morgan fingerprint density at radius 2 is 1.49 bits per heavy atom. The number of carbonyl (C=O) groups is 4. The number of hydrogen-bond acceptors (Lipinski definition) is 8. The van der Waals surface area contributed by atoms with Gasteiger partial charge in [-0.05, 0) is 83.0 Å². The van der Waals surface area contributed by atoms with E-state index in [-0.39, 0.29) is 12.3 Å². The van der Waals surface area contributed by atoms with Gasteiger partial charge in [-0.3, -0.25) is 19.8 Å². The second kappa shape index (κ2) is 18.3. The van der Waals surface area contributed by atoms with Gasteiger partial charge in [0.25, 0.3) is 5.91 Å². The van der Waals surface area contributed by atoms with Crippen LogP contribution < -0.4 is 15.5 Å². The van der Waals surface area contributed by atoms with Crippen molar-refractivity contribution in [1.29, 1.82) is 0 Å². The van der Waals surface area contributed by atoms with Crippen molar-refractivity contribution < 1.29 is 65.7 Å². The molecule has 1 saturated heterocycles. The van der Waals surface area contributed by atoms with E-state index in [1.807, 2.05) is 37.3 Å². The summed E-state index contributed by atoms with van der Waals surface area (Å²) in [6.07, 6.45) is -7.99. The number of hydrogen-bond donors (Lipinski definition) is 5. The number of aliphatic carboxylic acids is 2. The van der Waals surface area contributed by atoms with E-state index < -0.39 is 35.7 Å². The molecule has 2 aromatic carbocycles. The maximum absolute atomic E-state index is 13.2. The van der Waals surface area contributed by atoms with Crippen LogP contribution in [-0.4, -0.2) is 86.1 Å². The molecule has 0 aliphatic carbocycles. The number of carbonyl (C=O) groups excluding carboxylic acids is 2. The van der Waals surface area contributed by atoms with E-state index in [9.17, 15) is 35.9 Å². The van der Waals surface area contributed by atoms with E-state index in [1.165, 1.54) is 0 Å². The lowest BCUT2D eigenvalue weighted by Crippen LogP contribution is -2.51. The van der Waals surface area contributed by atoms with E-state index in [0.717, 1.165) is 41.7 Å². The van der Waals surface area contributed by atoms with Crippen molar-refractivity contribution in [3.05, 3.63) is 71.4 Å². The zero-order valence-electron chi connectivity index (χ0n) is 27.8. The van der Waals surface area contributed by atoms with Crippen molar-refractivity contribution in [3.63, 3.8) is 0 Å². The number of alkyl halides is 6. The standard InChI is InChI=1S/C29H36N4O4.2C2HF3O2/c1-20(2)33-15-6-13-29(14-16-33,18-27(34)32-36)31-28(35)22-9-11-24(12-10-22)37-19-23-17-21(3)30-26-8-5-4-7-25(23)26;2*3-2(4,5)1(6)7/h4-5,7-12,17,20,36H,6,13-16,18-19H2,1-3H3,(H,31,35)(H,32,34);2*(H,6,7). The first-order valence-corrected chi connectivity index (χ1v) is 15.4. The van der Waals surface area contributed by atoms with Crippen molar-refractivity contribution >= 4 is 34.7 Å². The highest BCUT2D eigenvalue weighted by atomic mass is 19.4. The first-order chi connectivity index (χ1) is 23.7. The summed E-state index contributed by atoms with van der Waals surface area (Å²) in [5.74, 6) is -5.60. The van der Waals surface area contributed by atoms with Crippen LogP contribution in [0.25, 0.3) is 10.9 Å². The Kier molecular flexibility index (Phi) is 15.2.